The highest BCUT2D eigenvalue weighted by Crippen LogP contribution is 2.30. The van der Waals surface area contributed by atoms with Crippen molar-refractivity contribution in [3.63, 3.8) is 0 Å². The Morgan fingerprint density at radius 2 is 1.79 bits per heavy atom. The highest BCUT2D eigenvalue weighted by atomic mass is 15.2. The smallest absolute Gasteiger partial charge is 0.145 e. The number of hydrogen-bond donors (Lipinski definition) is 2. The van der Waals surface area contributed by atoms with Crippen molar-refractivity contribution in [2.24, 2.45) is 0 Å². The lowest BCUT2D eigenvalue weighted by Gasteiger charge is -2.17. The first-order valence-corrected chi connectivity index (χ1v) is 5.67. The number of anilines is 1. The number of hydrogen-bond acceptors (Lipinski definition) is 2. The molecule has 0 spiro atoms. The summed E-state index contributed by atoms with van der Waals surface area (Å²) >= 11 is 0. The molecule has 1 aromatic heterocycles. The third kappa shape index (κ3) is 2.28. The van der Waals surface area contributed by atoms with Crippen LogP contribution in [0.4, 0.5) is 5.82 Å². The lowest BCUT2D eigenvalue weighted by atomic mass is 9.89. The van der Waals surface area contributed by atoms with Crippen LogP contribution in [-0.2, 0) is 0 Å². The van der Waals surface area contributed by atoms with Crippen molar-refractivity contribution in [3.8, 4) is 0 Å². The number of aromatic amines is 1. The molecule has 0 radical (unpaired) electrons. The molecule has 1 fully saturated rings. The van der Waals surface area contributed by atoms with Gasteiger partial charge in [0.1, 0.15) is 5.82 Å². The number of nitrogen functional groups attached to an aromatic ring is 1. The first-order chi connectivity index (χ1) is 6.86. The maximum atomic E-state index is 5.61. The zero-order chi connectivity index (χ0) is 9.80. The summed E-state index contributed by atoms with van der Waals surface area (Å²) in [5, 5.41) is 7.05. The highest BCUT2D eigenvalue weighted by molar-refractivity contribution is 5.30. The maximum absolute atomic E-state index is 5.61. The van der Waals surface area contributed by atoms with Gasteiger partial charge in [0.15, 0.2) is 0 Å². The van der Waals surface area contributed by atoms with Gasteiger partial charge in [-0.25, -0.2) is 0 Å². The Bertz CT molecular complexity index is 272. The van der Waals surface area contributed by atoms with E-state index in [1.54, 1.807) is 0 Å². The molecular weight excluding hydrogens is 174 g/mol. The summed E-state index contributed by atoms with van der Waals surface area (Å²) in [6.45, 7) is 0. The highest BCUT2D eigenvalue weighted by Gasteiger charge is 2.15. The Hall–Kier alpha value is -0.990. The number of aromatic nitrogens is 2. The van der Waals surface area contributed by atoms with E-state index in [0.29, 0.717) is 11.7 Å². The molecule has 2 rings (SSSR count). The van der Waals surface area contributed by atoms with Crippen LogP contribution in [0.2, 0.25) is 0 Å². The van der Waals surface area contributed by atoms with Crippen molar-refractivity contribution in [2.75, 3.05) is 5.73 Å². The molecule has 3 heteroatoms. The van der Waals surface area contributed by atoms with Crippen LogP contribution in [0.1, 0.15) is 56.6 Å². The molecule has 1 heterocycles. The molecule has 0 saturated heterocycles. The molecule has 3 N–H and O–H groups in total. The van der Waals surface area contributed by atoms with Crippen molar-refractivity contribution in [2.45, 2.75) is 50.9 Å². The van der Waals surface area contributed by atoms with Gasteiger partial charge in [-0.15, -0.1) is 0 Å². The van der Waals surface area contributed by atoms with Gasteiger partial charge in [0.25, 0.3) is 0 Å². The SMILES string of the molecule is Nc1cc(C2CCCCCCC2)[nH]n1. The molecular formula is C11H19N3. The lowest BCUT2D eigenvalue weighted by molar-refractivity contribution is 0.449. The van der Waals surface area contributed by atoms with E-state index < -0.39 is 0 Å². The Balaban J connectivity index is 2.00. The summed E-state index contributed by atoms with van der Waals surface area (Å²) in [6, 6.07) is 1.99. The van der Waals surface area contributed by atoms with Crippen molar-refractivity contribution in [3.05, 3.63) is 11.8 Å². The fraction of sp³-hybridized carbons (Fsp3) is 0.727. The second-order valence-electron chi connectivity index (χ2n) is 4.29. The molecule has 1 aliphatic carbocycles. The average Bonchev–Trinajstić information content (AvgIpc) is 2.51. The fourth-order valence-electron chi connectivity index (χ4n) is 2.33. The summed E-state index contributed by atoms with van der Waals surface area (Å²) in [5.41, 5.74) is 6.85. The Morgan fingerprint density at radius 3 is 2.36 bits per heavy atom. The third-order valence-electron chi connectivity index (χ3n) is 3.16. The Labute approximate surface area is 85.1 Å². The van der Waals surface area contributed by atoms with Gasteiger partial charge < -0.3 is 5.73 Å². The quantitative estimate of drug-likeness (QED) is 0.720. The minimum Gasteiger partial charge on any atom is -0.382 e. The van der Waals surface area contributed by atoms with Crippen LogP contribution in [0.3, 0.4) is 0 Å². The van der Waals surface area contributed by atoms with Gasteiger partial charge >= 0.3 is 0 Å². The standard InChI is InChI=1S/C11H19N3/c12-11-8-10(13-14-11)9-6-4-2-1-3-5-7-9/h8-9H,1-7H2,(H3,12,13,14). The molecule has 0 unspecified atom stereocenters. The molecule has 1 saturated carbocycles. The third-order valence-corrected chi connectivity index (χ3v) is 3.16. The van der Waals surface area contributed by atoms with Crippen LogP contribution >= 0.6 is 0 Å². The van der Waals surface area contributed by atoms with Crippen LogP contribution in [0, 0.1) is 0 Å². The monoisotopic (exact) mass is 193 g/mol. The first-order valence-electron chi connectivity index (χ1n) is 5.67. The lowest BCUT2D eigenvalue weighted by Crippen LogP contribution is -2.02. The Morgan fingerprint density at radius 1 is 1.14 bits per heavy atom. The summed E-state index contributed by atoms with van der Waals surface area (Å²) < 4.78 is 0. The molecule has 1 aliphatic rings. The van der Waals surface area contributed by atoms with Gasteiger partial charge in [-0.05, 0) is 12.8 Å². The Kier molecular flexibility index (Phi) is 3.07. The fourth-order valence-corrected chi connectivity index (χ4v) is 2.33. The zero-order valence-corrected chi connectivity index (χ0v) is 8.63. The zero-order valence-electron chi connectivity index (χ0n) is 8.63. The van der Waals surface area contributed by atoms with Crippen molar-refractivity contribution in [1.29, 1.82) is 0 Å². The summed E-state index contributed by atoms with van der Waals surface area (Å²) in [6.07, 6.45) is 9.48. The van der Waals surface area contributed by atoms with Crippen molar-refractivity contribution in [1.82, 2.24) is 10.2 Å². The van der Waals surface area contributed by atoms with Gasteiger partial charge in [-0.1, -0.05) is 32.1 Å². The first kappa shape index (κ1) is 9.56. The molecule has 3 nitrogen and oxygen atoms in total. The second kappa shape index (κ2) is 4.49. The summed E-state index contributed by atoms with van der Waals surface area (Å²) in [7, 11) is 0. The topological polar surface area (TPSA) is 54.7 Å². The number of nitrogens with one attached hydrogen (secondary N) is 1. The number of H-pyrrole nitrogens is 1. The van der Waals surface area contributed by atoms with Crippen molar-refractivity contribution < 1.29 is 0 Å². The van der Waals surface area contributed by atoms with Crippen LogP contribution in [0.5, 0.6) is 0 Å². The predicted octanol–water partition coefficient (Wildman–Crippen LogP) is 2.82. The van der Waals surface area contributed by atoms with E-state index in [4.69, 9.17) is 5.73 Å². The van der Waals surface area contributed by atoms with E-state index in [1.165, 1.54) is 50.6 Å². The van der Waals surface area contributed by atoms with E-state index in [1.807, 2.05) is 6.07 Å². The summed E-state index contributed by atoms with van der Waals surface area (Å²) in [5.74, 6) is 1.29. The van der Waals surface area contributed by atoms with E-state index in [0.717, 1.165) is 0 Å². The van der Waals surface area contributed by atoms with Crippen LogP contribution in [-0.4, -0.2) is 10.2 Å². The van der Waals surface area contributed by atoms with Gasteiger partial charge in [0.05, 0.1) is 0 Å². The molecule has 0 atom stereocenters. The van der Waals surface area contributed by atoms with Gasteiger partial charge in [-0.2, -0.15) is 5.10 Å². The molecule has 1 aromatic rings. The molecule has 0 amide bonds. The van der Waals surface area contributed by atoms with Crippen LogP contribution in [0.15, 0.2) is 6.07 Å². The van der Waals surface area contributed by atoms with E-state index in [2.05, 4.69) is 10.2 Å². The molecule has 78 valence electrons. The minimum atomic E-state index is 0.627. The minimum absolute atomic E-state index is 0.627. The largest absolute Gasteiger partial charge is 0.382 e. The van der Waals surface area contributed by atoms with Gasteiger partial charge in [-0.3, -0.25) is 5.10 Å². The number of rotatable bonds is 1. The van der Waals surface area contributed by atoms with Crippen LogP contribution in [0.25, 0.3) is 0 Å². The van der Waals surface area contributed by atoms with Crippen molar-refractivity contribution >= 4 is 5.82 Å². The average molecular weight is 193 g/mol. The molecule has 14 heavy (non-hydrogen) atoms. The van der Waals surface area contributed by atoms with Crippen LogP contribution < -0.4 is 5.73 Å². The number of nitrogens with two attached hydrogens (primary N) is 1. The molecule has 0 bridgehead atoms. The second-order valence-corrected chi connectivity index (χ2v) is 4.29. The van der Waals surface area contributed by atoms with Gasteiger partial charge in [0, 0.05) is 17.7 Å². The normalized spacial score (nSPS) is 20.3. The van der Waals surface area contributed by atoms with E-state index >= 15 is 0 Å². The summed E-state index contributed by atoms with van der Waals surface area (Å²) in [4.78, 5) is 0. The predicted molar refractivity (Wildman–Crippen MR) is 58.1 cm³/mol. The molecule has 0 aromatic carbocycles. The van der Waals surface area contributed by atoms with E-state index in [-0.39, 0.29) is 0 Å². The molecule has 0 aliphatic heterocycles. The van der Waals surface area contributed by atoms with E-state index in [9.17, 15) is 0 Å². The maximum Gasteiger partial charge on any atom is 0.145 e. The number of nitrogens with zero attached hydrogens (tertiary/aromatic N) is 1. The van der Waals surface area contributed by atoms with Gasteiger partial charge in [0.2, 0.25) is 0 Å².